The largest absolute Gasteiger partial charge is 0.396 e. The number of nitrogens with one attached hydrogen (secondary N) is 1. The molecular formula is C18H28N2O3. The summed E-state index contributed by atoms with van der Waals surface area (Å²) in [5, 5.41) is 12.0. The number of ether oxygens (including phenoxy) is 1. The maximum atomic E-state index is 12.0. The molecule has 1 aliphatic rings. The predicted octanol–water partition coefficient (Wildman–Crippen LogP) is 1.66. The number of piperidine rings is 1. The molecule has 1 amide bonds. The smallest absolute Gasteiger partial charge is 0.251 e. The molecule has 2 rings (SSSR count). The molecule has 1 aromatic rings. The van der Waals surface area contributed by atoms with Crippen LogP contribution in [0.15, 0.2) is 24.3 Å². The van der Waals surface area contributed by atoms with Crippen molar-refractivity contribution in [3.63, 3.8) is 0 Å². The van der Waals surface area contributed by atoms with E-state index in [1.54, 1.807) is 0 Å². The van der Waals surface area contributed by atoms with Gasteiger partial charge in [0.2, 0.25) is 0 Å². The summed E-state index contributed by atoms with van der Waals surface area (Å²) < 4.78 is 5.20. The zero-order valence-electron chi connectivity index (χ0n) is 14.0. The van der Waals surface area contributed by atoms with Crippen molar-refractivity contribution in [2.24, 2.45) is 5.92 Å². The molecule has 2 N–H and O–H groups in total. The minimum absolute atomic E-state index is 0.0555. The third kappa shape index (κ3) is 5.94. The minimum Gasteiger partial charge on any atom is -0.396 e. The van der Waals surface area contributed by atoms with E-state index in [9.17, 15) is 9.90 Å². The number of amides is 1. The van der Waals surface area contributed by atoms with E-state index in [-0.39, 0.29) is 5.91 Å². The standard InChI is InChI=1S/C18H28N2O3/c1-2-23-12-9-19-18(22)17-5-3-15(4-6-17)13-20-10-7-16(14-21)8-11-20/h3-6,16,21H,2,7-14H2,1H3,(H,19,22). The highest BCUT2D eigenvalue weighted by Crippen LogP contribution is 2.18. The molecule has 0 unspecified atom stereocenters. The van der Waals surface area contributed by atoms with Gasteiger partial charge in [0.25, 0.3) is 5.91 Å². The van der Waals surface area contributed by atoms with Crippen LogP contribution in [0.2, 0.25) is 0 Å². The molecule has 23 heavy (non-hydrogen) atoms. The summed E-state index contributed by atoms with van der Waals surface area (Å²) in [5.41, 5.74) is 1.91. The van der Waals surface area contributed by atoms with Gasteiger partial charge in [-0.3, -0.25) is 9.69 Å². The van der Waals surface area contributed by atoms with Gasteiger partial charge in [-0.2, -0.15) is 0 Å². The molecule has 1 saturated heterocycles. The quantitative estimate of drug-likeness (QED) is 0.715. The number of hydrogen-bond acceptors (Lipinski definition) is 4. The van der Waals surface area contributed by atoms with Gasteiger partial charge in [-0.25, -0.2) is 0 Å². The molecule has 1 aliphatic heterocycles. The molecule has 0 spiro atoms. The molecule has 1 aromatic carbocycles. The number of aliphatic hydroxyl groups excluding tert-OH is 1. The molecule has 5 heteroatoms. The first-order chi connectivity index (χ1) is 11.2. The lowest BCUT2D eigenvalue weighted by Crippen LogP contribution is -2.34. The van der Waals surface area contributed by atoms with Gasteiger partial charge >= 0.3 is 0 Å². The highest BCUT2D eigenvalue weighted by atomic mass is 16.5. The first kappa shape index (κ1) is 17.9. The lowest BCUT2D eigenvalue weighted by atomic mass is 9.97. The average molecular weight is 320 g/mol. The number of carbonyl (C=O) groups excluding carboxylic acids is 1. The Morgan fingerprint density at radius 2 is 2.00 bits per heavy atom. The van der Waals surface area contributed by atoms with Crippen LogP contribution in [-0.4, -0.2) is 55.4 Å². The van der Waals surface area contributed by atoms with Gasteiger partial charge in [0.05, 0.1) is 6.61 Å². The van der Waals surface area contributed by atoms with Crippen LogP contribution >= 0.6 is 0 Å². The lowest BCUT2D eigenvalue weighted by molar-refractivity contribution is 0.0922. The number of aliphatic hydroxyl groups is 1. The zero-order chi connectivity index (χ0) is 16.5. The second-order valence-corrected chi connectivity index (χ2v) is 6.05. The maximum absolute atomic E-state index is 12.0. The Labute approximate surface area is 138 Å². The fraction of sp³-hybridized carbons (Fsp3) is 0.611. The van der Waals surface area contributed by atoms with Gasteiger partial charge in [0.1, 0.15) is 0 Å². The fourth-order valence-electron chi connectivity index (χ4n) is 2.83. The number of likely N-dealkylation sites (tertiary alicyclic amines) is 1. The van der Waals surface area contributed by atoms with Crippen LogP contribution < -0.4 is 5.32 Å². The number of benzene rings is 1. The van der Waals surface area contributed by atoms with E-state index >= 15 is 0 Å². The van der Waals surface area contributed by atoms with E-state index in [4.69, 9.17) is 4.74 Å². The van der Waals surface area contributed by atoms with Crippen molar-refractivity contribution in [3.8, 4) is 0 Å². The van der Waals surface area contributed by atoms with Gasteiger partial charge < -0.3 is 15.2 Å². The van der Waals surface area contributed by atoms with Crippen molar-refractivity contribution in [2.75, 3.05) is 39.5 Å². The topological polar surface area (TPSA) is 61.8 Å². The Bertz CT molecular complexity index is 468. The molecule has 0 bridgehead atoms. The Morgan fingerprint density at radius 1 is 1.30 bits per heavy atom. The van der Waals surface area contributed by atoms with E-state index in [0.717, 1.165) is 32.5 Å². The summed E-state index contributed by atoms with van der Waals surface area (Å²) in [6.45, 7) is 6.96. The summed E-state index contributed by atoms with van der Waals surface area (Å²) in [6, 6.07) is 7.81. The molecule has 0 saturated carbocycles. The van der Waals surface area contributed by atoms with Crippen molar-refractivity contribution in [3.05, 3.63) is 35.4 Å². The van der Waals surface area contributed by atoms with Crippen molar-refractivity contribution in [1.82, 2.24) is 10.2 Å². The highest BCUT2D eigenvalue weighted by Gasteiger charge is 2.18. The van der Waals surface area contributed by atoms with Crippen molar-refractivity contribution in [1.29, 1.82) is 0 Å². The van der Waals surface area contributed by atoms with E-state index < -0.39 is 0 Å². The fourth-order valence-corrected chi connectivity index (χ4v) is 2.83. The molecular weight excluding hydrogens is 292 g/mol. The monoisotopic (exact) mass is 320 g/mol. The number of nitrogens with zero attached hydrogens (tertiary/aromatic N) is 1. The van der Waals surface area contributed by atoms with Crippen molar-refractivity contribution < 1.29 is 14.6 Å². The Balaban J connectivity index is 1.77. The first-order valence-corrected chi connectivity index (χ1v) is 8.51. The van der Waals surface area contributed by atoms with E-state index in [2.05, 4.69) is 10.2 Å². The van der Waals surface area contributed by atoms with Gasteiger partial charge in [0, 0.05) is 31.9 Å². The Morgan fingerprint density at radius 3 is 2.61 bits per heavy atom. The van der Waals surface area contributed by atoms with Crippen LogP contribution in [0.4, 0.5) is 0 Å². The second-order valence-electron chi connectivity index (χ2n) is 6.05. The third-order valence-corrected chi connectivity index (χ3v) is 4.32. The molecule has 0 radical (unpaired) electrons. The summed E-state index contributed by atoms with van der Waals surface area (Å²) >= 11 is 0. The van der Waals surface area contributed by atoms with Gasteiger partial charge in [-0.15, -0.1) is 0 Å². The van der Waals surface area contributed by atoms with E-state index in [1.165, 1.54) is 5.56 Å². The van der Waals surface area contributed by atoms with Crippen LogP contribution in [0.3, 0.4) is 0 Å². The molecule has 1 fully saturated rings. The molecule has 0 aromatic heterocycles. The lowest BCUT2D eigenvalue weighted by Gasteiger charge is -2.31. The highest BCUT2D eigenvalue weighted by molar-refractivity contribution is 5.94. The van der Waals surface area contributed by atoms with Crippen molar-refractivity contribution >= 4 is 5.91 Å². The zero-order valence-corrected chi connectivity index (χ0v) is 14.0. The summed E-state index contributed by atoms with van der Waals surface area (Å²) in [4.78, 5) is 14.4. The minimum atomic E-state index is -0.0555. The predicted molar refractivity (Wildman–Crippen MR) is 90.4 cm³/mol. The van der Waals surface area contributed by atoms with Gasteiger partial charge in [-0.1, -0.05) is 12.1 Å². The van der Waals surface area contributed by atoms with Crippen LogP contribution in [0.5, 0.6) is 0 Å². The number of carbonyl (C=O) groups is 1. The Kier molecular flexibility index (Phi) is 7.52. The van der Waals surface area contributed by atoms with Crippen LogP contribution in [0.25, 0.3) is 0 Å². The van der Waals surface area contributed by atoms with Crippen LogP contribution in [0.1, 0.15) is 35.7 Å². The van der Waals surface area contributed by atoms with Crippen LogP contribution in [0, 0.1) is 5.92 Å². The average Bonchev–Trinajstić information content (AvgIpc) is 2.60. The molecule has 0 aliphatic carbocycles. The van der Waals surface area contributed by atoms with Gasteiger partial charge in [0.15, 0.2) is 0 Å². The van der Waals surface area contributed by atoms with E-state index in [0.29, 0.717) is 37.8 Å². The summed E-state index contributed by atoms with van der Waals surface area (Å²) in [6.07, 6.45) is 2.13. The first-order valence-electron chi connectivity index (χ1n) is 8.51. The van der Waals surface area contributed by atoms with E-state index in [1.807, 2.05) is 31.2 Å². The second kappa shape index (κ2) is 9.65. The summed E-state index contributed by atoms with van der Waals surface area (Å²) in [5.74, 6) is 0.411. The number of rotatable bonds is 8. The number of hydrogen-bond donors (Lipinski definition) is 2. The van der Waals surface area contributed by atoms with Crippen LogP contribution in [-0.2, 0) is 11.3 Å². The Hall–Kier alpha value is -1.43. The summed E-state index contributed by atoms with van der Waals surface area (Å²) in [7, 11) is 0. The molecule has 5 nitrogen and oxygen atoms in total. The van der Waals surface area contributed by atoms with Gasteiger partial charge in [-0.05, 0) is 56.5 Å². The third-order valence-electron chi connectivity index (χ3n) is 4.32. The van der Waals surface area contributed by atoms with Crippen molar-refractivity contribution in [2.45, 2.75) is 26.3 Å². The maximum Gasteiger partial charge on any atom is 0.251 e. The molecule has 0 atom stereocenters. The SMILES string of the molecule is CCOCCNC(=O)c1ccc(CN2CCC(CO)CC2)cc1. The molecule has 128 valence electrons. The molecule has 1 heterocycles. The normalized spacial score (nSPS) is 16.4.